The second-order valence-corrected chi connectivity index (χ2v) is 1.80. The van der Waals surface area contributed by atoms with Crippen molar-refractivity contribution in [3.8, 4) is 0 Å². The maximum atomic E-state index is 4.02. The van der Waals surface area contributed by atoms with E-state index >= 15 is 0 Å². The predicted molar refractivity (Wildman–Crippen MR) is 42.9 cm³/mol. The summed E-state index contributed by atoms with van der Waals surface area (Å²) in [7, 11) is 0. The molecule has 2 nitrogen and oxygen atoms in total. The van der Waals surface area contributed by atoms with Crippen LogP contribution in [0.4, 0.5) is 0 Å². The van der Waals surface area contributed by atoms with Gasteiger partial charge in [-0.3, -0.25) is 9.97 Å². The zero-order valence-corrected chi connectivity index (χ0v) is 7.05. The average Bonchev–Trinajstić information content (AvgIpc) is 2.00. The van der Waals surface area contributed by atoms with Crippen molar-refractivity contribution in [2.75, 3.05) is 0 Å². The first-order valence-electron chi connectivity index (χ1n) is 3.54. The molecule has 0 saturated heterocycles. The Morgan fingerprint density at radius 1 is 0.900 bits per heavy atom. The van der Waals surface area contributed by atoms with Gasteiger partial charge in [0.15, 0.2) is 0 Å². The molecule has 0 radical (unpaired) electrons. The van der Waals surface area contributed by atoms with Crippen LogP contribution < -0.4 is 0 Å². The van der Waals surface area contributed by atoms with Gasteiger partial charge in [-0.2, -0.15) is 0 Å². The molecule has 1 aromatic rings. The molecule has 0 fully saturated rings. The van der Waals surface area contributed by atoms with Crippen molar-refractivity contribution in [2.45, 2.75) is 27.7 Å². The molecule has 0 spiro atoms. The lowest BCUT2D eigenvalue weighted by atomic mass is 10.5. The lowest BCUT2D eigenvalue weighted by Crippen LogP contribution is -1.84. The minimum atomic E-state index is 0.968. The number of aryl methyl sites for hydroxylation is 2. The molecule has 0 bridgehead atoms. The van der Waals surface area contributed by atoms with Gasteiger partial charge in [-0.1, -0.05) is 13.8 Å². The summed E-state index contributed by atoms with van der Waals surface area (Å²) >= 11 is 0. The molecule has 0 aliphatic rings. The summed E-state index contributed by atoms with van der Waals surface area (Å²) < 4.78 is 0. The number of nitrogens with zero attached hydrogens (tertiary/aromatic N) is 2. The van der Waals surface area contributed by atoms with Gasteiger partial charge in [-0.15, -0.1) is 0 Å². The van der Waals surface area contributed by atoms with Crippen molar-refractivity contribution < 1.29 is 0 Å². The molecule has 0 atom stereocenters. The fourth-order valence-corrected chi connectivity index (χ4v) is 0.457. The Hall–Kier alpha value is -0.920. The number of aromatic nitrogens is 2. The van der Waals surface area contributed by atoms with Crippen LogP contribution in [0, 0.1) is 13.8 Å². The molecular formula is C8H14N2. The van der Waals surface area contributed by atoms with Crippen molar-refractivity contribution in [2.24, 2.45) is 0 Å². The summed E-state index contributed by atoms with van der Waals surface area (Å²) in [5, 5.41) is 0. The highest BCUT2D eigenvalue weighted by Crippen LogP contribution is 1.88. The van der Waals surface area contributed by atoms with Gasteiger partial charge < -0.3 is 0 Å². The first kappa shape index (κ1) is 9.08. The third-order valence-electron chi connectivity index (χ3n) is 0.910. The van der Waals surface area contributed by atoms with Crippen LogP contribution in [-0.2, 0) is 0 Å². The smallest absolute Gasteiger partial charge is 0.0555 e. The van der Waals surface area contributed by atoms with E-state index in [0.717, 1.165) is 11.4 Å². The summed E-state index contributed by atoms with van der Waals surface area (Å²) in [6.07, 6.45) is 3.52. The summed E-state index contributed by atoms with van der Waals surface area (Å²) in [5.74, 6) is 0. The second-order valence-electron chi connectivity index (χ2n) is 1.80. The minimum absolute atomic E-state index is 0.968. The SMILES string of the molecule is CC.Cc1cnc(C)cn1. The maximum absolute atomic E-state index is 4.02. The molecule has 56 valence electrons. The third-order valence-corrected chi connectivity index (χ3v) is 0.910. The Bertz CT molecular complexity index is 146. The Balaban J connectivity index is 0.000000371. The van der Waals surface area contributed by atoms with Crippen LogP contribution in [0.1, 0.15) is 25.2 Å². The largest absolute Gasteiger partial charge is 0.258 e. The second kappa shape index (κ2) is 4.91. The molecule has 0 unspecified atom stereocenters. The van der Waals surface area contributed by atoms with Crippen LogP contribution in [0.2, 0.25) is 0 Å². The van der Waals surface area contributed by atoms with Crippen LogP contribution in [0.15, 0.2) is 12.4 Å². The van der Waals surface area contributed by atoms with E-state index in [1.54, 1.807) is 12.4 Å². The normalized spacial score (nSPS) is 8.00. The van der Waals surface area contributed by atoms with Crippen molar-refractivity contribution in [1.82, 2.24) is 9.97 Å². The molecule has 1 rings (SSSR count). The van der Waals surface area contributed by atoms with Crippen LogP contribution in [-0.4, -0.2) is 9.97 Å². The summed E-state index contributed by atoms with van der Waals surface area (Å²) in [4.78, 5) is 8.03. The van der Waals surface area contributed by atoms with Crippen molar-refractivity contribution in [3.63, 3.8) is 0 Å². The predicted octanol–water partition coefficient (Wildman–Crippen LogP) is 2.12. The van der Waals surface area contributed by atoms with Gasteiger partial charge >= 0.3 is 0 Å². The molecule has 0 aliphatic heterocycles. The Morgan fingerprint density at radius 2 is 1.20 bits per heavy atom. The standard InChI is InChI=1S/C6H8N2.C2H6/c1-5-3-8-6(2)4-7-5;1-2/h3-4H,1-2H3;1-2H3. The van der Waals surface area contributed by atoms with Gasteiger partial charge in [-0.05, 0) is 13.8 Å². The zero-order chi connectivity index (χ0) is 7.98. The third kappa shape index (κ3) is 3.17. The molecule has 1 aromatic heterocycles. The molecule has 10 heavy (non-hydrogen) atoms. The van der Waals surface area contributed by atoms with E-state index in [-0.39, 0.29) is 0 Å². The Kier molecular flexibility index (Phi) is 4.46. The van der Waals surface area contributed by atoms with E-state index in [0.29, 0.717) is 0 Å². The highest BCUT2D eigenvalue weighted by Gasteiger charge is 1.82. The van der Waals surface area contributed by atoms with Gasteiger partial charge in [0.25, 0.3) is 0 Å². The molecule has 0 saturated carbocycles. The van der Waals surface area contributed by atoms with Crippen LogP contribution >= 0.6 is 0 Å². The van der Waals surface area contributed by atoms with Gasteiger partial charge in [-0.25, -0.2) is 0 Å². The molecular weight excluding hydrogens is 124 g/mol. The van der Waals surface area contributed by atoms with E-state index in [1.165, 1.54) is 0 Å². The zero-order valence-electron chi connectivity index (χ0n) is 7.05. The van der Waals surface area contributed by atoms with Crippen molar-refractivity contribution in [1.29, 1.82) is 0 Å². The van der Waals surface area contributed by atoms with Crippen LogP contribution in [0.3, 0.4) is 0 Å². The van der Waals surface area contributed by atoms with E-state index < -0.39 is 0 Å². The lowest BCUT2D eigenvalue weighted by molar-refractivity contribution is 1.06. The number of hydrogen-bond donors (Lipinski definition) is 0. The quantitative estimate of drug-likeness (QED) is 0.548. The van der Waals surface area contributed by atoms with Crippen LogP contribution in [0.25, 0.3) is 0 Å². The van der Waals surface area contributed by atoms with Crippen molar-refractivity contribution >= 4 is 0 Å². The van der Waals surface area contributed by atoms with Gasteiger partial charge in [0.1, 0.15) is 0 Å². The monoisotopic (exact) mass is 138 g/mol. The molecule has 0 aromatic carbocycles. The molecule has 0 aliphatic carbocycles. The van der Waals surface area contributed by atoms with E-state index in [2.05, 4.69) is 9.97 Å². The van der Waals surface area contributed by atoms with Gasteiger partial charge in [0, 0.05) is 12.4 Å². The number of rotatable bonds is 0. The van der Waals surface area contributed by atoms with Crippen molar-refractivity contribution in [3.05, 3.63) is 23.8 Å². The molecule has 2 heteroatoms. The molecule has 1 heterocycles. The van der Waals surface area contributed by atoms with Gasteiger partial charge in [0.2, 0.25) is 0 Å². The van der Waals surface area contributed by atoms with Crippen LogP contribution in [0.5, 0.6) is 0 Å². The van der Waals surface area contributed by atoms with E-state index in [9.17, 15) is 0 Å². The first-order valence-corrected chi connectivity index (χ1v) is 3.54. The molecule has 0 N–H and O–H groups in total. The average molecular weight is 138 g/mol. The summed E-state index contributed by atoms with van der Waals surface area (Å²) in [5.41, 5.74) is 1.94. The number of hydrogen-bond acceptors (Lipinski definition) is 2. The highest BCUT2D eigenvalue weighted by molar-refractivity contribution is 4.97. The summed E-state index contributed by atoms with van der Waals surface area (Å²) in [6, 6.07) is 0. The Morgan fingerprint density at radius 3 is 1.40 bits per heavy atom. The fraction of sp³-hybridized carbons (Fsp3) is 0.500. The summed E-state index contributed by atoms with van der Waals surface area (Å²) in [6.45, 7) is 7.85. The lowest BCUT2D eigenvalue weighted by Gasteiger charge is -1.88. The Labute approximate surface area is 62.3 Å². The van der Waals surface area contributed by atoms with E-state index in [4.69, 9.17) is 0 Å². The first-order chi connectivity index (χ1) is 4.79. The van der Waals surface area contributed by atoms with Gasteiger partial charge in [0.05, 0.1) is 11.4 Å². The fourth-order valence-electron chi connectivity index (χ4n) is 0.457. The maximum Gasteiger partial charge on any atom is 0.0555 e. The van der Waals surface area contributed by atoms with E-state index in [1.807, 2.05) is 27.7 Å². The molecule has 0 amide bonds. The minimum Gasteiger partial charge on any atom is -0.258 e. The topological polar surface area (TPSA) is 25.8 Å². The highest BCUT2D eigenvalue weighted by atomic mass is 14.8.